The molecule has 104 valence electrons. The van der Waals surface area contributed by atoms with Crippen LogP contribution < -0.4 is 11.1 Å². The Morgan fingerprint density at radius 1 is 1.15 bits per heavy atom. The van der Waals surface area contributed by atoms with Gasteiger partial charge in [-0.15, -0.1) is 0 Å². The molecule has 0 unspecified atom stereocenters. The van der Waals surface area contributed by atoms with Crippen LogP contribution in [0.3, 0.4) is 0 Å². The predicted octanol–water partition coefficient (Wildman–Crippen LogP) is 3.44. The molecule has 0 atom stereocenters. The second kappa shape index (κ2) is 6.00. The van der Waals surface area contributed by atoms with E-state index in [2.05, 4.69) is 21.2 Å². The van der Waals surface area contributed by atoms with Crippen molar-refractivity contribution >= 4 is 27.5 Å². The summed E-state index contributed by atoms with van der Waals surface area (Å²) in [5.74, 6) is -1.89. The molecule has 2 aromatic carbocycles. The maximum absolute atomic E-state index is 13.6. The van der Waals surface area contributed by atoms with E-state index < -0.39 is 11.7 Å². The highest BCUT2D eigenvalue weighted by Crippen LogP contribution is 2.18. The third kappa shape index (κ3) is 3.33. The van der Waals surface area contributed by atoms with Crippen molar-refractivity contribution in [3.8, 4) is 0 Å². The molecule has 2 rings (SSSR count). The lowest BCUT2D eigenvalue weighted by Gasteiger charge is -2.09. The number of halogens is 3. The molecule has 1 amide bonds. The summed E-state index contributed by atoms with van der Waals surface area (Å²) < 4.78 is 27.6. The van der Waals surface area contributed by atoms with Gasteiger partial charge in [-0.3, -0.25) is 4.79 Å². The number of carbonyl (C=O) groups excluding carboxylic acids is 1. The largest absolute Gasteiger partial charge is 0.381 e. The summed E-state index contributed by atoms with van der Waals surface area (Å²) in [7, 11) is 0. The average Bonchev–Trinajstić information content (AvgIpc) is 2.39. The first-order valence-corrected chi connectivity index (χ1v) is 6.54. The second-order valence-electron chi connectivity index (χ2n) is 4.15. The van der Waals surface area contributed by atoms with E-state index in [0.717, 1.165) is 6.07 Å². The van der Waals surface area contributed by atoms with Crippen LogP contribution in [0.25, 0.3) is 0 Å². The average molecular weight is 341 g/mol. The summed E-state index contributed by atoms with van der Waals surface area (Å²) in [6.07, 6.45) is 0. The summed E-state index contributed by atoms with van der Waals surface area (Å²) in [4.78, 5) is 11.0. The van der Waals surface area contributed by atoms with Gasteiger partial charge in [0.2, 0.25) is 0 Å². The highest BCUT2D eigenvalue weighted by atomic mass is 79.9. The molecule has 0 fully saturated rings. The minimum Gasteiger partial charge on any atom is -0.381 e. The number of primary amides is 1. The lowest BCUT2D eigenvalue weighted by atomic mass is 10.1. The summed E-state index contributed by atoms with van der Waals surface area (Å²) in [5, 5.41) is 2.91. The molecule has 0 saturated heterocycles. The number of benzene rings is 2. The zero-order chi connectivity index (χ0) is 14.7. The third-order valence-electron chi connectivity index (χ3n) is 2.73. The van der Waals surface area contributed by atoms with Crippen LogP contribution in [0.5, 0.6) is 0 Å². The van der Waals surface area contributed by atoms with Gasteiger partial charge in [-0.25, -0.2) is 8.78 Å². The normalized spacial score (nSPS) is 10.3. The van der Waals surface area contributed by atoms with Crippen LogP contribution in [0.15, 0.2) is 40.9 Å². The number of rotatable bonds is 4. The summed E-state index contributed by atoms with van der Waals surface area (Å²) in [6.45, 7) is 0.211. The fourth-order valence-corrected chi connectivity index (χ4v) is 2.02. The van der Waals surface area contributed by atoms with Gasteiger partial charge in [-0.1, -0.05) is 22.0 Å². The van der Waals surface area contributed by atoms with Crippen LogP contribution in [-0.4, -0.2) is 5.91 Å². The quantitative estimate of drug-likeness (QED) is 0.895. The van der Waals surface area contributed by atoms with Gasteiger partial charge < -0.3 is 11.1 Å². The van der Waals surface area contributed by atoms with E-state index in [1.54, 1.807) is 12.1 Å². The van der Waals surface area contributed by atoms with Crippen molar-refractivity contribution in [1.82, 2.24) is 0 Å². The molecule has 6 heteroatoms. The van der Waals surface area contributed by atoms with E-state index in [1.807, 2.05) is 0 Å². The van der Waals surface area contributed by atoms with Crippen LogP contribution in [-0.2, 0) is 6.54 Å². The zero-order valence-electron chi connectivity index (χ0n) is 10.3. The van der Waals surface area contributed by atoms with E-state index >= 15 is 0 Å². The first-order chi connectivity index (χ1) is 9.47. The molecule has 3 nitrogen and oxygen atoms in total. The molecular weight excluding hydrogens is 330 g/mol. The van der Waals surface area contributed by atoms with Gasteiger partial charge in [-0.05, 0) is 30.3 Å². The first-order valence-electron chi connectivity index (χ1n) is 5.74. The van der Waals surface area contributed by atoms with E-state index in [-0.39, 0.29) is 17.9 Å². The minimum atomic E-state index is -0.846. The van der Waals surface area contributed by atoms with Crippen LogP contribution >= 0.6 is 15.9 Å². The topological polar surface area (TPSA) is 55.1 Å². The first kappa shape index (κ1) is 14.5. The number of hydrogen-bond acceptors (Lipinski definition) is 2. The Morgan fingerprint density at radius 2 is 1.90 bits per heavy atom. The van der Waals surface area contributed by atoms with Crippen LogP contribution in [0.1, 0.15) is 15.9 Å². The molecule has 2 aromatic rings. The van der Waals surface area contributed by atoms with Gasteiger partial charge in [0.1, 0.15) is 11.6 Å². The van der Waals surface area contributed by atoms with Crippen molar-refractivity contribution in [2.75, 3.05) is 5.32 Å². The summed E-state index contributed by atoms with van der Waals surface area (Å²) in [5.41, 5.74) is 5.80. The Kier molecular flexibility index (Phi) is 4.34. The lowest BCUT2D eigenvalue weighted by molar-refractivity contribution is 0.0996. The van der Waals surface area contributed by atoms with E-state index in [4.69, 9.17) is 5.73 Å². The SMILES string of the molecule is NC(=O)c1cc(NCc2ccc(Br)cc2F)ccc1F. The lowest BCUT2D eigenvalue weighted by Crippen LogP contribution is -2.13. The molecule has 20 heavy (non-hydrogen) atoms. The number of amides is 1. The van der Waals surface area contributed by atoms with Crippen molar-refractivity contribution in [1.29, 1.82) is 0 Å². The molecule has 0 aliphatic carbocycles. The predicted molar refractivity (Wildman–Crippen MR) is 76.3 cm³/mol. The Hall–Kier alpha value is -1.95. The van der Waals surface area contributed by atoms with Crippen molar-refractivity contribution < 1.29 is 13.6 Å². The number of nitrogens with one attached hydrogen (secondary N) is 1. The van der Waals surface area contributed by atoms with Gasteiger partial charge in [0, 0.05) is 22.3 Å². The number of anilines is 1. The van der Waals surface area contributed by atoms with Crippen molar-refractivity contribution in [3.63, 3.8) is 0 Å². The van der Waals surface area contributed by atoms with Gasteiger partial charge >= 0.3 is 0 Å². The summed E-state index contributed by atoms with van der Waals surface area (Å²) >= 11 is 3.17. The molecule has 0 saturated carbocycles. The van der Waals surface area contributed by atoms with E-state index in [0.29, 0.717) is 15.7 Å². The van der Waals surface area contributed by atoms with Crippen LogP contribution in [0.4, 0.5) is 14.5 Å². The Bertz CT molecular complexity index is 662. The van der Waals surface area contributed by atoms with Crippen LogP contribution in [0.2, 0.25) is 0 Å². The van der Waals surface area contributed by atoms with E-state index in [9.17, 15) is 13.6 Å². The molecule has 0 radical (unpaired) electrons. The molecule has 0 bridgehead atoms. The second-order valence-corrected chi connectivity index (χ2v) is 5.06. The minimum absolute atomic E-state index is 0.203. The number of carbonyl (C=O) groups is 1. The van der Waals surface area contributed by atoms with Crippen molar-refractivity contribution in [3.05, 3.63) is 63.6 Å². The van der Waals surface area contributed by atoms with Gasteiger partial charge in [0.05, 0.1) is 5.56 Å². The molecule has 0 heterocycles. The molecule has 0 aromatic heterocycles. The van der Waals surface area contributed by atoms with Gasteiger partial charge in [0.25, 0.3) is 5.91 Å². The molecule has 0 aliphatic heterocycles. The van der Waals surface area contributed by atoms with Crippen molar-refractivity contribution in [2.24, 2.45) is 5.73 Å². The molecule has 3 N–H and O–H groups in total. The molecular formula is C14H11BrF2N2O. The van der Waals surface area contributed by atoms with Crippen molar-refractivity contribution in [2.45, 2.75) is 6.54 Å². The highest BCUT2D eigenvalue weighted by molar-refractivity contribution is 9.10. The zero-order valence-corrected chi connectivity index (χ0v) is 11.9. The van der Waals surface area contributed by atoms with Gasteiger partial charge in [0.15, 0.2) is 0 Å². The number of hydrogen-bond donors (Lipinski definition) is 2. The highest BCUT2D eigenvalue weighted by Gasteiger charge is 2.09. The summed E-state index contributed by atoms with van der Waals surface area (Å²) in [6, 6.07) is 8.61. The molecule has 0 spiro atoms. The Morgan fingerprint density at radius 3 is 2.55 bits per heavy atom. The standard InChI is InChI=1S/C14H11BrF2N2O/c15-9-2-1-8(13(17)5-9)7-19-10-3-4-12(16)11(6-10)14(18)20/h1-6,19H,7H2,(H2,18,20). The van der Waals surface area contributed by atoms with Gasteiger partial charge in [-0.2, -0.15) is 0 Å². The monoisotopic (exact) mass is 340 g/mol. The maximum Gasteiger partial charge on any atom is 0.251 e. The van der Waals surface area contributed by atoms with E-state index in [1.165, 1.54) is 18.2 Å². The third-order valence-corrected chi connectivity index (χ3v) is 3.22. The smallest absolute Gasteiger partial charge is 0.251 e. The number of nitrogens with two attached hydrogens (primary N) is 1. The Balaban J connectivity index is 2.15. The maximum atomic E-state index is 13.6. The van der Waals surface area contributed by atoms with Crippen LogP contribution in [0, 0.1) is 11.6 Å². The molecule has 0 aliphatic rings. The Labute approximate surface area is 122 Å². The fraction of sp³-hybridized carbons (Fsp3) is 0.0714. The fourth-order valence-electron chi connectivity index (χ4n) is 1.69.